The van der Waals surface area contributed by atoms with Gasteiger partial charge in [0.25, 0.3) is 0 Å². The summed E-state index contributed by atoms with van der Waals surface area (Å²) in [6, 6.07) is 10.8. The van der Waals surface area contributed by atoms with Crippen LogP contribution in [0, 0.1) is 0 Å². The lowest BCUT2D eigenvalue weighted by Gasteiger charge is -2.21. The zero-order valence-electron chi connectivity index (χ0n) is 12.2. The molecule has 0 radical (unpaired) electrons. The highest BCUT2D eigenvalue weighted by Crippen LogP contribution is 2.20. The van der Waals surface area contributed by atoms with E-state index in [0.717, 1.165) is 13.1 Å². The van der Waals surface area contributed by atoms with Crippen LogP contribution in [-0.4, -0.2) is 27.5 Å². The summed E-state index contributed by atoms with van der Waals surface area (Å²) < 4.78 is 2.29. The van der Waals surface area contributed by atoms with E-state index in [4.69, 9.17) is 0 Å². The van der Waals surface area contributed by atoms with Crippen molar-refractivity contribution < 1.29 is 0 Å². The Balaban J connectivity index is 1.56. The second-order valence-electron chi connectivity index (χ2n) is 5.81. The molecule has 0 saturated carbocycles. The smallest absolute Gasteiger partial charge is 0.0948 e. The van der Waals surface area contributed by atoms with Gasteiger partial charge in [-0.3, -0.25) is 4.90 Å². The van der Waals surface area contributed by atoms with Crippen molar-refractivity contribution >= 4 is 0 Å². The number of benzene rings is 1. The molecule has 2 heterocycles. The Morgan fingerprint density at radius 2 is 2.05 bits per heavy atom. The number of hydrogen-bond donors (Lipinski definition) is 0. The molecular weight excluding hydrogens is 246 g/mol. The zero-order chi connectivity index (χ0) is 13.8. The second kappa shape index (κ2) is 6.23. The second-order valence-corrected chi connectivity index (χ2v) is 5.81. The molecule has 20 heavy (non-hydrogen) atoms. The Morgan fingerprint density at radius 1 is 1.20 bits per heavy atom. The van der Waals surface area contributed by atoms with Crippen LogP contribution in [0.15, 0.2) is 42.9 Å². The molecule has 0 fully saturated rings. The maximum absolute atomic E-state index is 4.26. The number of hydrogen-bond acceptors (Lipinski definition) is 2. The Kier molecular flexibility index (Phi) is 4.16. The third-order valence-corrected chi connectivity index (χ3v) is 4.30. The molecule has 0 aliphatic carbocycles. The van der Waals surface area contributed by atoms with E-state index in [1.165, 1.54) is 37.2 Å². The summed E-state index contributed by atoms with van der Waals surface area (Å²) in [5.74, 6) is 0.629. The van der Waals surface area contributed by atoms with Crippen molar-refractivity contribution in [3.63, 3.8) is 0 Å². The third-order valence-electron chi connectivity index (χ3n) is 4.30. The maximum Gasteiger partial charge on any atom is 0.0948 e. The minimum Gasteiger partial charge on any atom is -0.333 e. The first kappa shape index (κ1) is 13.4. The molecule has 1 atom stereocenters. The Hall–Kier alpha value is -1.61. The van der Waals surface area contributed by atoms with E-state index in [0.29, 0.717) is 5.92 Å². The lowest BCUT2D eigenvalue weighted by molar-refractivity contribution is 0.260. The summed E-state index contributed by atoms with van der Waals surface area (Å²) in [4.78, 5) is 6.83. The van der Waals surface area contributed by atoms with Crippen molar-refractivity contribution in [2.24, 2.45) is 0 Å². The molecule has 0 saturated heterocycles. The highest BCUT2D eigenvalue weighted by Gasteiger charge is 2.15. The summed E-state index contributed by atoms with van der Waals surface area (Å²) in [5, 5.41) is 0. The monoisotopic (exact) mass is 269 g/mol. The lowest BCUT2D eigenvalue weighted by Crippen LogP contribution is -2.25. The molecule has 0 N–H and O–H groups in total. The summed E-state index contributed by atoms with van der Waals surface area (Å²) >= 11 is 0. The Bertz CT molecular complexity index is 532. The first-order valence-electron chi connectivity index (χ1n) is 7.59. The summed E-state index contributed by atoms with van der Waals surface area (Å²) in [6.07, 6.45) is 6.42. The lowest BCUT2D eigenvalue weighted by atomic mass is 9.98. The summed E-state index contributed by atoms with van der Waals surface area (Å²) in [7, 11) is 0. The number of nitrogens with zero attached hydrogens (tertiary/aromatic N) is 3. The van der Waals surface area contributed by atoms with Crippen LogP contribution in [0.2, 0.25) is 0 Å². The molecule has 1 unspecified atom stereocenters. The SMILES string of the molecule is CC(CCN1CCCn2cncc2C1)c1ccccc1. The number of rotatable bonds is 4. The standard InChI is InChI=1S/C17H23N3/c1-15(16-6-3-2-4-7-16)8-11-19-9-5-10-20-14-18-12-17(20)13-19/h2-4,6-7,12,14-15H,5,8-11,13H2,1H3. The van der Waals surface area contributed by atoms with Gasteiger partial charge in [0.2, 0.25) is 0 Å². The van der Waals surface area contributed by atoms with Crippen molar-refractivity contribution in [3.05, 3.63) is 54.1 Å². The Morgan fingerprint density at radius 3 is 2.90 bits per heavy atom. The molecule has 0 spiro atoms. The number of fused-ring (bicyclic) bond motifs is 1. The zero-order valence-corrected chi connectivity index (χ0v) is 12.2. The van der Waals surface area contributed by atoms with Gasteiger partial charge in [-0.05, 0) is 30.9 Å². The minimum atomic E-state index is 0.629. The van der Waals surface area contributed by atoms with Crippen molar-refractivity contribution in [2.45, 2.75) is 38.8 Å². The molecule has 2 aromatic rings. The summed E-state index contributed by atoms with van der Waals surface area (Å²) in [6.45, 7) is 6.85. The molecule has 3 heteroatoms. The fourth-order valence-corrected chi connectivity index (χ4v) is 2.97. The van der Waals surface area contributed by atoms with Crippen LogP contribution in [0.25, 0.3) is 0 Å². The average molecular weight is 269 g/mol. The quantitative estimate of drug-likeness (QED) is 0.849. The number of aryl methyl sites for hydroxylation is 1. The molecular formula is C17H23N3. The molecule has 1 aliphatic heterocycles. The molecule has 3 rings (SSSR count). The van der Waals surface area contributed by atoms with Gasteiger partial charge < -0.3 is 4.57 Å². The van der Waals surface area contributed by atoms with Crippen LogP contribution < -0.4 is 0 Å². The van der Waals surface area contributed by atoms with Crippen molar-refractivity contribution in [1.29, 1.82) is 0 Å². The largest absolute Gasteiger partial charge is 0.333 e. The predicted octanol–water partition coefficient (Wildman–Crippen LogP) is 3.28. The first-order valence-corrected chi connectivity index (χ1v) is 7.59. The van der Waals surface area contributed by atoms with Crippen LogP contribution in [0.4, 0.5) is 0 Å². The van der Waals surface area contributed by atoms with Gasteiger partial charge in [0.15, 0.2) is 0 Å². The normalized spacial score (nSPS) is 17.4. The van der Waals surface area contributed by atoms with Crippen LogP contribution in [0.5, 0.6) is 0 Å². The van der Waals surface area contributed by atoms with Gasteiger partial charge in [0, 0.05) is 25.8 Å². The Labute approximate surface area is 121 Å². The highest BCUT2D eigenvalue weighted by molar-refractivity contribution is 5.18. The van der Waals surface area contributed by atoms with Gasteiger partial charge in [-0.1, -0.05) is 37.3 Å². The fraction of sp³-hybridized carbons (Fsp3) is 0.471. The number of aromatic nitrogens is 2. The molecule has 1 aliphatic rings. The molecule has 1 aromatic carbocycles. The first-order chi connectivity index (χ1) is 9.83. The molecule has 0 bridgehead atoms. The van der Waals surface area contributed by atoms with Crippen LogP contribution in [0.1, 0.15) is 36.9 Å². The van der Waals surface area contributed by atoms with Crippen molar-refractivity contribution in [2.75, 3.05) is 13.1 Å². The highest BCUT2D eigenvalue weighted by atomic mass is 15.2. The van der Waals surface area contributed by atoms with Gasteiger partial charge in [-0.2, -0.15) is 0 Å². The van der Waals surface area contributed by atoms with Crippen LogP contribution >= 0.6 is 0 Å². The maximum atomic E-state index is 4.26. The van der Waals surface area contributed by atoms with Gasteiger partial charge >= 0.3 is 0 Å². The van der Waals surface area contributed by atoms with E-state index in [1.54, 1.807) is 0 Å². The average Bonchev–Trinajstić information content (AvgIpc) is 2.83. The molecule has 106 valence electrons. The van der Waals surface area contributed by atoms with Gasteiger partial charge in [0.1, 0.15) is 0 Å². The van der Waals surface area contributed by atoms with Gasteiger partial charge in [-0.15, -0.1) is 0 Å². The van der Waals surface area contributed by atoms with E-state index < -0.39 is 0 Å². The summed E-state index contributed by atoms with van der Waals surface area (Å²) in [5.41, 5.74) is 2.81. The predicted molar refractivity (Wildman–Crippen MR) is 81.6 cm³/mol. The van der Waals surface area contributed by atoms with E-state index >= 15 is 0 Å². The molecule has 0 amide bonds. The van der Waals surface area contributed by atoms with Gasteiger partial charge in [-0.25, -0.2) is 4.98 Å². The van der Waals surface area contributed by atoms with E-state index in [-0.39, 0.29) is 0 Å². The van der Waals surface area contributed by atoms with E-state index in [9.17, 15) is 0 Å². The van der Waals surface area contributed by atoms with E-state index in [2.05, 4.69) is 51.7 Å². The van der Waals surface area contributed by atoms with E-state index in [1.807, 2.05) is 12.5 Å². The topological polar surface area (TPSA) is 21.1 Å². The third kappa shape index (κ3) is 3.10. The van der Waals surface area contributed by atoms with Crippen LogP contribution in [-0.2, 0) is 13.1 Å². The number of imidazole rings is 1. The fourth-order valence-electron chi connectivity index (χ4n) is 2.97. The molecule has 1 aromatic heterocycles. The minimum absolute atomic E-state index is 0.629. The van der Waals surface area contributed by atoms with Crippen molar-refractivity contribution in [3.8, 4) is 0 Å². The van der Waals surface area contributed by atoms with Crippen molar-refractivity contribution in [1.82, 2.24) is 14.5 Å². The van der Waals surface area contributed by atoms with Crippen LogP contribution in [0.3, 0.4) is 0 Å². The molecule has 3 nitrogen and oxygen atoms in total. The van der Waals surface area contributed by atoms with Gasteiger partial charge in [0.05, 0.1) is 12.0 Å².